The molecule has 1 aliphatic carbocycles. The summed E-state index contributed by atoms with van der Waals surface area (Å²) in [6, 6.07) is 0.404. The van der Waals surface area contributed by atoms with E-state index in [1.54, 1.807) is 0 Å². The lowest BCUT2D eigenvalue weighted by atomic mass is 9.92. The summed E-state index contributed by atoms with van der Waals surface area (Å²) in [5.41, 5.74) is 21.1. The topological polar surface area (TPSA) is 102 Å². The molecule has 0 aromatic rings. The van der Waals surface area contributed by atoms with Gasteiger partial charge in [0.1, 0.15) is 5.82 Å². The van der Waals surface area contributed by atoms with E-state index in [9.17, 15) is 0 Å². The second-order valence-electron chi connectivity index (χ2n) is 5.75. The third-order valence-electron chi connectivity index (χ3n) is 3.92. The van der Waals surface area contributed by atoms with Crippen LogP contribution in [0.3, 0.4) is 0 Å². The molecule has 0 amide bonds. The second kappa shape index (κ2) is 6.93. The first-order valence-electron chi connectivity index (χ1n) is 7.60. The maximum absolute atomic E-state index is 5.95. The van der Waals surface area contributed by atoms with E-state index >= 15 is 0 Å². The van der Waals surface area contributed by atoms with E-state index in [1.807, 2.05) is 0 Å². The lowest BCUT2D eigenvalue weighted by molar-refractivity contribution is 0.547. The number of hydrogen-bond acceptors (Lipinski definition) is 5. The molecule has 0 spiro atoms. The Morgan fingerprint density at radius 3 is 2.71 bits per heavy atom. The molecule has 2 unspecified atom stereocenters. The predicted molar refractivity (Wildman–Crippen MR) is 88.0 cm³/mol. The van der Waals surface area contributed by atoms with Crippen LogP contribution in [-0.2, 0) is 0 Å². The van der Waals surface area contributed by atoms with E-state index in [0.29, 0.717) is 0 Å². The van der Waals surface area contributed by atoms with E-state index in [1.165, 1.54) is 11.1 Å². The minimum absolute atomic E-state index is 0.179. The summed E-state index contributed by atoms with van der Waals surface area (Å²) >= 11 is 0. The smallest absolute Gasteiger partial charge is 0.106 e. The molecule has 2 aliphatic rings. The molecule has 8 N–H and O–H groups in total. The van der Waals surface area contributed by atoms with Gasteiger partial charge in [0.15, 0.2) is 0 Å². The molecule has 0 saturated carbocycles. The first kappa shape index (κ1) is 15.8. The Morgan fingerprint density at radius 1 is 1.29 bits per heavy atom. The number of nitrogens with one attached hydrogen (secondary N) is 2. The normalized spacial score (nSPS) is 22.5. The van der Waals surface area contributed by atoms with Crippen LogP contribution < -0.4 is 27.8 Å². The molecule has 2 atom stereocenters. The summed E-state index contributed by atoms with van der Waals surface area (Å²) in [7, 11) is 0. The van der Waals surface area contributed by atoms with Gasteiger partial charge in [-0.25, -0.2) is 0 Å². The average Bonchev–Trinajstić information content (AvgIpc) is 2.46. The molecule has 1 aliphatic heterocycles. The lowest BCUT2D eigenvalue weighted by Gasteiger charge is -2.31. The molecule has 1 heterocycles. The summed E-state index contributed by atoms with van der Waals surface area (Å²) in [5.74, 6) is 0.916. The highest BCUT2D eigenvalue weighted by Gasteiger charge is 2.23. The molecule has 0 saturated heterocycles. The van der Waals surface area contributed by atoms with Crippen molar-refractivity contribution in [3.63, 3.8) is 0 Å². The van der Waals surface area contributed by atoms with Crippen molar-refractivity contribution < 1.29 is 0 Å². The van der Waals surface area contributed by atoms with Crippen LogP contribution in [0.5, 0.6) is 0 Å². The molecule has 5 heteroatoms. The molecule has 0 fully saturated rings. The van der Waals surface area contributed by atoms with Crippen molar-refractivity contribution in [1.29, 1.82) is 0 Å². The van der Waals surface area contributed by atoms with Gasteiger partial charge < -0.3 is 27.8 Å². The third-order valence-corrected chi connectivity index (χ3v) is 3.92. The zero-order chi connectivity index (χ0) is 15.4. The van der Waals surface area contributed by atoms with Crippen LogP contribution in [0.25, 0.3) is 0 Å². The fourth-order valence-corrected chi connectivity index (χ4v) is 2.52. The highest BCUT2D eigenvalue weighted by Crippen LogP contribution is 2.24. The van der Waals surface area contributed by atoms with Crippen molar-refractivity contribution in [2.75, 3.05) is 6.54 Å². The fourth-order valence-electron chi connectivity index (χ4n) is 2.52. The zero-order valence-corrected chi connectivity index (χ0v) is 12.9. The van der Waals surface area contributed by atoms with Gasteiger partial charge in [0.2, 0.25) is 0 Å². The maximum atomic E-state index is 5.95. The van der Waals surface area contributed by atoms with Crippen LogP contribution in [0.4, 0.5) is 0 Å². The van der Waals surface area contributed by atoms with Crippen LogP contribution in [0.1, 0.15) is 26.7 Å². The molecular weight excluding hydrogens is 262 g/mol. The third kappa shape index (κ3) is 3.97. The van der Waals surface area contributed by atoms with Gasteiger partial charge in [-0.3, -0.25) is 0 Å². The van der Waals surface area contributed by atoms with Crippen molar-refractivity contribution >= 4 is 0 Å². The first-order valence-corrected chi connectivity index (χ1v) is 7.60. The molecule has 5 nitrogen and oxygen atoms in total. The Bertz CT molecular complexity index is 499. The van der Waals surface area contributed by atoms with E-state index in [0.717, 1.165) is 30.8 Å². The van der Waals surface area contributed by atoms with Gasteiger partial charge in [-0.2, -0.15) is 0 Å². The second-order valence-corrected chi connectivity index (χ2v) is 5.75. The highest BCUT2D eigenvalue weighted by atomic mass is 15.1. The Morgan fingerprint density at radius 2 is 2.05 bits per heavy atom. The van der Waals surface area contributed by atoms with Crippen LogP contribution in [0.2, 0.25) is 0 Å². The Hall–Kier alpha value is -1.56. The van der Waals surface area contributed by atoms with E-state index < -0.39 is 6.17 Å². The molecule has 116 valence electrons. The molecule has 21 heavy (non-hydrogen) atoms. The monoisotopic (exact) mass is 289 g/mol. The quantitative estimate of drug-likeness (QED) is 0.460. The van der Waals surface area contributed by atoms with Gasteiger partial charge in [-0.15, -0.1) is 0 Å². The number of nitrogens with two attached hydrogens (primary N) is 3. The van der Waals surface area contributed by atoms with Crippen molar-refractivity contribution in [2.24, 2.45) is 17.2 Å². The van der Waals surface area contributed by atoms with Gasteiger partial charge in [0.05, 0.1) is 12.2 Å². The zero-order valence-electron chi connectivity index (χ0n) is 12.9. The number of allylic oxidation sites excluding steroid dienone is 2. The van der Waals surface area contributed by atoms with Crippen molar-refractivity contribution in [3.05, 3.63) is 46.8 Å². The summed E-state index contributed by atoms with van der Waals surface area (Å²) in [4.78, 5) is 0. The van der Waals surface area contributed by atoms with Gasteiger partial charge >= 0.3 is 0 Å². The Balaban J connectivity index is 2.12. The summed E-state index contributed by atoms with van der Waals surface area (Å²) in [6.07, 6.45) is 9.91. The van der Waals surface area contributed by atoms with Crippen molar-refractivity contribution in [2.45, 2.75) is 44.9 Å². The molecule has 0 aromatic carbocycles. The van der Waals surface area contributed by atoms with Gasteiger partial charge in [-0.1, -0.05) is 30.7 Å². The number of hydrogen-bond donors (Lipinski definition) is 5. The van der Waals surface area contributed by atoms with Crippen LogP contribution in [-0.4, -0.2) is 24.8 Å². The lowest BCUT2D eigenvalue weighted by Crippen LogP contribution is -2.45. The van der Waals surface area contributed by atoms with Crippen molar-refractivity contribution in [1.82, 2.24) is 10.6 Å². The molecule has 0 bridgehead atoms. The molecule has 0 aromatic heterocycles. The fraction of sp³-hybridized carbons (Fsp3) is 0.500. The maximum Gasteiger partial charge on any atom is 0.106 e. The molecule has 0 radical (unpaired) electrons. The largest absolute Gasteiger partial charge is 0.372 e. The van der Waals surface area contributed by atoms with Gasteiger partial charge in [0, 0.05) is 18.2 Å². The van der Waals surface area contributed by atoms with Gasteiger partial charge in [0.25, 0.3) is 0 Å². The number of rotatable bonds is 6. The SMILES string of the molecule is CCC(N)CCNC1=C(C(N)N)C=C2C=C(C)C=CC2N1. The summed E-state index contributed by atoms with van der Waals surface area (Å²) in [6.45, 7) is 4.99. The minimum atomic E-state index is -0.507. The first-order chi connectivity index (χ1) is 10.0. The standard InChI is InChI=1S/C16H27N5/c1-3-12(17)6-7-20-16-13(15(18)19)9-11-8-10(2)4-5-14(11)21-16/h4-5,8-9,12,14-15,20-21H,3,6-7,17-19H2,1-2H3. The molecular formula is C16H27N5. The Kier molecular flexibility index (Phi) is 5.22. The van der Waals surface area contributed by atoms with E-state index in [-0.39, 0.29) is 12.1 Å². The summed E-state index contributed by atoms with van der Waals surface area (Å²) < 4.78 is 0. The minimum Gasteiger partial charge on any atom is -0.372 e. The van der Waals surface area contributed by atoms with Gasteiger partial charge in [-0.05, 0) is 31.4 Å². The average molecular weight is 289 g/mol. The number of fused-ring (bicyclic) bond motifs is 1. The highest BCUT2D eigenvalue weighted by molar-refractivity contribution is 5.49. The number of dihydropyridines is 1. The van der Waals surface area contributed by atoms with E-state index in [2.05, 4.69) is 48.8 Å². The van der Waals surface area contributed by atoms with Crippen LogP contribution in [0.15, 0.2) is 46.8 Å². The van der Waals surface area contributed by atoms with Crippen LogP contribution in [0, 0.1) is 0 Å². The molecule has 2 rings (SSSR count). The summed E-state index contributed by atoms with van der Waals surface area (Å²) in [5, 5.41) is 6.86. The van der Waals surface area contributed by atoms with Crippen molar-refractivity contribution in [3.8, 4) is 0 Å². The Labute approximate surface area is 127 Å². The predicted octanol–water partition coefficient (Wildman–Crippen LogP) is 0.573. The van der Waals surface area contributed by atoms with E-state index in [4.69, 9.17) is 17.2 Å². The van der Waals surface area contributed by atoms with Crippen LogP contribution >= 0.6 is 0 Å².